The predicted molar refractivity (Wildman–Crippen MR) is 224 cm³/mol. The molecule has 0 aliphatic carbocycles. The van der Waals surface area contributed by atoms with Gasteiger partial charge in [0.15, 0.2) is 0 Å². The average molecular weight is 729 g/mol. The Kier molecular flexibility index (Phi) is 41.5. The summed E-state index contributed by atoms with van der Waals surface area (Å²) in [7, 11) is 0. The number of allylic oxidation sites excluding steroid dienone is 8. The molecule has 52 heavy (non-hydrogen) atoms. The minimum Gasteiger partial charge on any atom is -0.463 e. The third-order valence-corrected chi connectivity index (χ3v) is 9.54. The molecular formula is C47H84O5. The van der Waals surface area contributed by atoms with E-state index >= 15 is 0 Å². The van der Waals surface area contributed by atoms with Crippen LogP contribution < -0.4 is 0 Å². The molecule has 0 rings (SSSR count). The maximum Gasteiger partial charge on any atom is 0.305 e. The summed E-state index contributed by atoms with van der Waals surface area (Å²) < 4.78 is 10.4. The smallest absolute Gasteiger partial charge is 0.305 e. The van der Waals surface area contributed by atoms with Crippen molar-refractivity contribution in [3.05, 3.63) is 48.6 Å². The second-order valence-electron chi connectivity index (χ2n) is 14.8. The standard InChI is InChI=1S/C47H84O5/c1-3-5-7-9-11-13-15-17-19-21-23-25-27-29-31-33-35-37-39-41-46(49)51-43-45(48)44-52-47(50)42-40-38-36-34-32-30-28-26-24-22-20-18-16-14-12-10-8-6-4-2/h11-14,17-20,45,48H,3-10,15-16,21-44H2,1-2H3/b13-11-,14-12-,19-17-,20-18-. The summed E-state index contributed by atoms with van der Waals surface area (Å²) in [6.07, 6.45) is 54.5. The summed E-state index contributed by atoms with van der Waals surface area (Å²) >= 11 is 0. The molecule has 0 aromatic rings. The molecule has 0 amide bonds. The van der Waals surface area contributed by atoms with Crippen LogP contribution in [-0.4, -0.2) is 36.4 Å². The number of esters is 2. The Balaban J connectivity index is 3.43. The van der Waals surface area contributed by atoms with Crippen LogP contribution in [-0.2, 0) is 19.1 Å². The zero-order valence-corrected chi connectivity index (χ0v) is 34.3. The molecule has 0 unspecified atom stereocenters. The van der Waals surface area contributed by atoms with Gasteiger partial charge < -0.3 is 14.6 Å². The maximum atomic E-state index is 12.0. The topological polar surface area (TPSA) is 72.8 Å². The minimum absolute atomic E-state index is 0.119. The first-order valence-corrected chi connectivity index (χ1v) is 22.2. The van der Waals surface area contributed by atoms with E-state index in [2.05, 4.69) is 62.5 Å². The number of ether oxygens (including phenoxy) is 2. The normalized spacial score (nSPS) is 12.1. The van der Waals surface area contributed by atoms with Gasteiger partial charge in [0.1, 0.15) is 19.3 Å². The molecule has 5 heteroatoms. The Hall–Kier alpha value is -2.14. The molecular weight excluding hydrogens is 645 g/mol. The van der Waals surface area contributed by atoms with E-state index in [0.717, 1.165) is 51.4 Å². The SMILES string of the molecule is CCCCC/C=C\C/C=C\CCCCCCCCCCCC(=O)OCC(O)COC(=O)CCCCCCCCCCC/C=C\C/C=C\CCCCC. The summed E-state index contributed by atoms with van der Waals surface area (Å²) in [5.41, 5.74) is 0. The third-order valence-electron chi connectivity index (χ3n) is 9.54. The molecule has 0 aromatic carbocycles. The number of hydrogen-bond donors (Lipinski definition) is 1. The van der Waals surface area contributed by atoms with Crippen LogP contribution >= 0.6 is 0 Å². The zero-order valence-electron chi connectivity index (χ0n) is 34.3. The Morgan fingerprint density at radius 3 is 0.981 bits per heavy atom. The molecule has 0 bridgehead atoms. The van der Waals surface area contributed by atoms with Gasteiger partial charge in [-0.1, -0.05) is 178 Å². The van der Waals surface area contributed by atoms with E-state index in [4.69, 9.17) is 9.47 Å². The number of carbonyl (C=O) groups is 2. The van der Waals surface area contributed by atoms with Gasteiger partial charge in [-0.25, -0.2) is 0 Å². The molecule has 302 valence electrons. The quantitative estimate of drug-likeness (QED) is 0.0386. The van der Waals surface area contributed by atoms with E-state index in [1.165, 1.54) is 141 Å². The molecule has 0 saturated heterocycles. The second-order valence-corrected chi connectivity index (χ2v) is 14.8. The number of carbonyl (C=O) groups excluding carboxylic acids is 2. The molecule has 0 atom stereocenters. The van der Waals surface area contributed by atoms with Crippen molar-refractivity contribution < 1.29 is 24.2 Å². The minimum atomic E-state index is -0.968. The van der Waals surface area contributed by atoms with Crippen molar-refractivity contribution in [1.29, 1.82) is 0 Å². The molecule has 0 fully saturated rings. The second kappa shape index (κ2) is 43.3. The van der Waals surface area contributed by atoms with Crippen molar-refractivity contribution in [2.45, 2.75) is 225 Å². The highest BCUT2D eigenvalue weighted by molar-refractivity contribution is 5.69. The van der Waals surface area contributed by atoms with Gasteiger partial charge in [0.25, 0.3) is 0 Å². The number of rotatable bonds is 40. The summed E-state index contributed by atoms with van der Waals surface area (Å²) in [6.45, 7) is 4.26. The summed E-state index contributed by atoms with van der Waals surface area (Å²) in [5.74, 6) is -0.571. The van der Waals surface area contributed by atoms with Gasteiger partial charge in [0.2, 0.25) is 0 Å². The molecule has 0 aliphatic rings. The van der Waals surface area contributed by atoms with Crippen LogP contribution in [0, 0.1) is 0 Å². The van der Waals surface area contributed by atoms with Gasteiger partial charge in [0, 0.05) is 12.8 Å². The molecule has 0 heterocycles. The summed E-state index contributed by atoms with van der Waals surface area (Å²) in [5, 5.41) is 10.0. The van der Waals surface area contributed by atoms with Crippen molar-refractivity contribution in [2.75, 3.05) is 13.2 Å². The highest BCUT2D eigenvalue weighted by atomic mass is 16.6. The number of hydrogen-bond acceptors (Lipinski definition) is 5. The van der Waals surface area contributed by atoms with Gasteiger partial charge in [-0.15, -0.1) is 0 Å². The lowest BCUT2D eigenvalue weighted by molar-refractivity contribution is -0.152. The van der Waals surface area contributed by atoms with Crippen LogP contribution in [0.2, 0.25) is 0 Å². The van der Waals surface area contributed by atoms with E-state index in [9.17, 15) is 14.7 Å². The van der Waals surface area contributed by atoms with E-state index in [0.29, 0.717) is 12.8 Å². The predicted octanol–water partition coefficient (Wildman–Crippen LogP) is 14.2. The van der Waals surface area contributed by atoms with Crippen molar-refractivity contribution in [1.82, 2.24) is 0 Å². The fraction of sp³-hybridized carbons (Fsp3) is 0.787. The van der Waals surface area contributed by atoms with Crippen molar-refractivity contribution in [3.8, 4) is 0 Å². The van der Waals surface area contributed by atoms with E-state index in [1.807, 2.05) is 0 Å². The van der Waals surface area contributed by atoms with Crippen molar-refractivity contribution >= 4 is 11.9 Å². The number of aliphatic hydroxyl groups excluding tert-OH is 1. The lowest BCUT2D eigenvalue weighted by Gasteiger charge is -2.12. The van der Waals surface area contributed by atoms with E-state index < -0.39 is 6.10 Å². The summed E-state index contributed by atoms with van der Waals surface area (Å²) in [6, 6.07) is 0. The Labute approximate surface area is 322 Å². The van der Waals surface area contributed by atoms with Gasteiger partial charge in [-0.05, 0) is 77.0 Å². The van der Waals surface area contributed by atoms with Crippen LogP contribution in [0.25, 0.3) is 0 Å². The van der Waals surface area contributed by atoms with Crippen LogP contribution in [0.3, 0.4) is 0 Å². The fourth-order valence-corrected chi connectivity index (χ4v) is 6.15. The molecule has 0 spiro atoms. The largest absolute Gasteiger partial charge is 0.463 e. The average Bonchev–Trinajstić information content (AvgIpc) is 3.15. The molecule has 0 radical (unpaired) electrons. The van der Waals surface area contributed by atoms with Gasteiger partial charge in [-0.2, -0.15) is 0 Å². The fourth-order valence-electron chi connectivity index (χ4n) is 6.15. The molecule has 1 N–H and O–H groups in total. The van der Waals surface area contributed by atoms with Crippen LogP contribution in [0.5, 0.6) is 0 Å². The lowest BCUT2D eigenvalue weighted by Crippen LogP contribution is -2.25. The first-order valence-electron chi connectivity index (χ1n) is 22.2. The Morgan fingerprint density at radius 1 is 0.404 bits per heavy atom. The lowest BCUT2D eigenvalue weighted by atomic mass is 10.1. The van der Waals surface area contributed by atoms with Crippen molar-refractivity contribution in [2.24, 2.45) is 0 Å². The highest BCUT2D eigenvalue weighted by Crippen LogP contribution is 2.14. The van der Waals surface area contributed by atoms with Crippen LogP contribution in [0.1, 0.15) is 219 Å². The van der Waals surface area contributed by atoms with E-state index in [-0.39, 0.29) is 25.2 Å². The molecule has 5 nitrogen and oxygen atoms in total. The highest BCUT2D eigenvalue weighted by Gasteiger charge is 2.12. The number of unbranched alkanes of at least 4 members (excludes halogenated alkanes) is 24. The summed E-state index contributed by atoms with van der Waals surface area (Å²) in [4.78, 5) is 24.0. The van der Waals surface area contributed by atoms with E-state index in [1.54, 1.807) is 0 Å². The van der Waals surface area contributed by atoms with Gasteiger partial charge >= 0.3 is 11.9 Å². The monoisotopic (exact) mass is 729 g/mol. The van der Waals surface area contributed by atoms with Crippen LogP contribution in [0.4, 0.5) is 0 Å². The Morgan fingerprint density at radius 2 is 0.673 bits per heavy atom. The number of aliphatic hydroxyl groups is 1. The third kappa shape index (κ3) is 42.3. The van der Waals surface area contributed by atoms with Gasteiger partial charge in [-0.3, -0.25) is 9.59 Å². The first-order chi connectivity index (χ1) is 25.6. The first kappa shape index (κ1) is 49.9. The molecule has 0 aromatic heterocycles. The maximum absolute atomic E-state index is 12.0. The Bertz CT molecular complexity index is 803. The van der Waals surface area contributed by atoms with Gasteiger partial charge in [0.05, 0.1) is 0 Å². The van der Waals surface area contributed by atoms with Crippen molar-refractivity contribution in [3.63, 3.8) is 0 Å². The molecule has 0 saturated carbocycles. The molecule has 0 aliphatic heterocycles. The van der Waals surface area contributed by atoms with Crippen LogP contribution in [0.15, 0.2) is 48.6 Å². The zero-order chi connectivity index (χ0) is 37.8.